The molecule has 1 amide bonds. The van der Waals surface area contributed by atoms with E-state index in [1.807, 2.05) is 25.1 Å². The lowest BCUT2D eigenvalue weighted by Gasteiger charge is -2.31. The lowest BCUT2D eigenvalue weighted by atomic mass is 10.1. The van der Waals surface area contributed by atoms with Crippen LogP contribution in [0.3, 0.4) is 0 Å². The number of hydrogen-bond acceptors (Lipinski definition) is 3. The normalized spacial score (nSPS) is 12.8. The van der Waals surface area contributed by atoms with Crippen molar-refractivity contribution in [2.45, 2.75) is 39.4 Å². The Hall–Kier alpha value is -1.39. The fourth-order valence-electron chi connectivity index (χ4n) is 1.83. The minimum absolute atomic E-state index is 0.158. The van der Waals surface area contributed by atoms with Crippen molar-refractivity contribution in [3.8, 4) is 0 Å². The molecule has 0 spiro atoms. The quantitative estimate of drug-likeness (QED) is 0.459. The van der Waals surface area contributed by atoms with Gasteiger partial charge in [-0.15, -0.1) is 0 Å². The van der Waals surface area contributed by atoms with Crippen LogP contribution in [0.15, 0.2) is 30.3 Å². The lowest BCUT2D eigenvalue weighted by Crippen LogP contribution is -2.49. The lowest BCUT2D eigenvalue weighted by molar-refractivity contribution is -0.126. The average Bonchev–Trinajstić information content (AvgIpc) is 2.35. The first-order chi connectivity index (χ1) is 8.06. The summed E-state index contributed by atoms with van der Waals surface area (Å²) in [6.07, 6.45) is 0. The van der Waals surface area contributed by atoms with Crippen molar-refractivity contribution in [2.75, 3.05) is 0 Å². The van der Waals surface area contributed by atoms with Gasteiger partial charge in [-0.1, -0.05) is 30.3 Å². The van der Waals surface area contributed by atoms with Crippen molar-refractivity contribution in [3.63, 3.8) is 0 Å². The molecule has 0 aliphatic carbocycles. The molecule has 1 atom stereocenters. The first-order valence-electron chi connectivity index (χ1n) is 5.86. The summed E-state index contributed by atoms with van der Waals surface area (Å²) in [5.74, 6) is 5.02. The molecule has 0 heterocycles. The van der Waals surface area contributed by atoms with Gasteiger partial charge in [-0.2, -0.15) is 0 Å². The largest absolute Gasteiger partial charge is 0.293 e. The summed E-state index contributed by atoms with van der Waals surface area (Å²) in [6.45, 7) is 6.75. The number of rotatable bonds is 5. The van der Waals surface area contributed by atoms with Gasteiger partial charge < -0.3 is 0 Å². The Kier molecular flexibility index (Phi) is 5.12. The van der Waals surface area contributed by atoms with E-state index in [-0.39, 0.29) is 18.0 Å². The molecule has 0 aliphatic heterocycles. The fourth-order valence-corrected chi connectivity index (χ4v) is 1.83. The molecule has 0 radical (unpaired) electrons. The van der Waals surface area contributed by atoms with Crippen molar-refractivity contribution in [3.05, 3.63) is 35.9 Å². The maximum atomic E-state index is 11.6. The van der Waals surface area contributed by atoms with Crippen LogP contribution in [-0.2, 0) is 11.3 Å². The zero-order valence-electron chi connectivity index (χ0n) is 10.7. The SMILES string of the molecule is CC(C)N(Cc1ccccc1)C(C)C(=O)NN. The molecule has 0 fully saturated rings. The van der Waals surface area contributed by atoms with Crippen LogP contribution >= 0.6 is 0 Å². The monoisotopic (exact) mass is 235 g/mol. The van der Waals surface area contributed by atoms with Gasteiger partial charge in [0.15, 0.2) is 0 Å². The number of nitrogens with zero attached hydrogens (tertiary/aromatic N) is 1. The molecule has 4 heteroatoms. The highest BCUT2D eigenvalue weighted by Gasteiger charge is 2.22. The number of benzene rings is 1. The van der Waals surface area contributed by atoms with Crippen LogP contribution in [0.25, 0.3) is 0 Å². The van der Waals surface area contributed by atoms with E-state index in [1.54, 1.807) is 0 Å². The first kappa shape index (κ1) is 13.7. The molecule has 94 valence electrons. The van der Waals surface area contributed by atoms with Crippen LogP contribution in [0.1, 0.15) is 26.3 Å². The third kappa shape index (κ3) is 3.84. The molecule has 4 nitrogen and oxygen atoms in total. The van der Waals surface area contributed by atoms with Crippen molar-refractivity contribution in [1.29, 1.82) is 0 Å². The van der Waals surface area contributed by atoms with E-state index in [0.717, 1.165) is 6.54 Å². The summed E-state index contributed by atoms with van der Waals surface area (Å²) in [4.78, 5) is 13.7. The second-order valence-corrected chi connectivity index (χ2v) is 4.44. The predicted octanol–water partition coefficient (Wildman–Crippen LogP) is 1.28. The summed E-state index contributed by atoms with van der Waals surface area (Å²) in [5.41, 5.74) is 3.40. The summed E-state index contributed by atoms with van der Waals surface area (Å²) >= 11 is 0. The van der Waals surface area contributed by atoms with E-state index >= 15 is 0 Å². The highest BCUT2D eigenvalue weighted by molar-refractivity contribution is 5.80. The minimum atomic E-state index is -0.236. The van der Waals surface area contributed by atoms with Crippen LogP contribution in [0.4, 0.5) is 0 Å². The molecule has 0 bridgehead atoms. The smallest absolute Gasteiger partial charge is 0.250 e. The molecular weight excluding hydrogens is 214 g/mol. The maximum absolute atomic E-state index is 11.6. The molecule has 3 N–H and O–H groups in total. The molecule has 0 aliphatic rings. The summed E-state index contributed by atoms with van der Waals surface area (Å²) in [5, 5.41) is 0. The standard InChI is InChI=1S/C13H21N3O/c1-10(2)16(11(3)13(17)15-14)9-12-7-5-4-6-8-12/h4-8,10-11H,9,14H2,1-3H3,(H,15,17). The van der Waals surface area contributed by atoms with Gasteiger partial charge in [0, 0.05) is 12.6 Å². The Balaban J connectivity index is 2.77. The topological polar surface area (TPSA) is 58.4 Å². The summed E-state index contributed by atoms with van der Waals surface area (Å²) < 4.78 is 0. The second-order valence-electron chi connectivity index (χ2n) is 4.44. The van der Waals surface area contributed by atoms with Crippen molar-refractivity contribution >= 4 is 5.91 Å². The first-order valence-corrected chi connectivity index (χ1v) is 5.86. The van der Waals surface area contributed by atoms with Crippen LogP contribution in [0.2, 0.25) is 0 Å². The summed E-state index contributed by atoms with van der Waals surface area (Å²) in [6, 6.07) is 10.1. The molecule has 1 aromatic carbocycles. The Labute approximate surface area is 103 Å². The van der Waals surface area contributed by atoms with Gasteiger partial charge in [0.2, 0.25) is 0 Å². The molecule has 1 rings (SSSR count). The number of amides is 1. The predicted molar refractivity (Wildman–Crippen MR) is 68.9 cm³/mol. The average molecular weight is 235 g/mol. The van der Waals surface area contributed by atoms with Crippen molar-refractivity contribution in [2.24, 2.45) is 5.84 Å². The number of nitrogens with one attached hydrogen (secondary N) is 1. The minimum Gasteiger partial charge on any atom is -0.293 e. The zero-order chi connectivity index (χ0) is 12.8. The molecule has 1 aromatic rings. The van der Waals surface area contributed by atoms with Gasteiger partial charge in [0.05, 0.1) is 6.04 Å². The highest BCUT2D eigenvalue weighted by atomic mass is 16.2. The van der Waals surface area contributed by atoms with E-state index in [0.29, 0.717) is 0 Å². The van der Waals surface area contributed by atoms with E-state index in [9.17, 15) is 4.79 Å². The van der Waals surface area contributed by atoms with E-state index in [4.69, 9.17) is 5.84 Å². The maximum Gasteiger partial charge on any atom is 0.250 e. The van der Waals surface area contributed by atoms with Crippen LogP contribution in [-0.4, -0.2) is 22.9 Å². The van der Waals surface area contributed by atoms with Gasteiger partial charge in [0.1, 0.15) is 0 Å². The summed E-state index contributed by atoms with van der Waals surface area (Å²) in [7, 11) is 0. The second kappa shape index (κ2) is 6.37. The molecule has 0 saturated heterocycles. The van der Waals surface area contributed by atoms with Gasteiger partial charge in [0.25, 0.3) is 5.91 Å². The van der Waals surface area contributed by atoms with Crippen LogP contribution in [0.5, 0.6) is 0 Å². The van der Waals surface area contributed by atoms with Crippen LogP contribution < -0.4 is 11.3 Å². The zero-order valence-corrected chi connectivity index (χ0v) is 10.7. The van der Waals surface area contributed by atoms with Crippen molar-refractivity contribution < 1.29 is 4.79 Å². The Morgan fingerprint density at radius 2 is 1.88 bits per heavy atom. The molecule has 17 heavy (non-hydrogen) atoms. The number of hydrogen-bond donors (Lipinski definition) is 2. The fraction of sp³-hybridized carbons (Fsp3) is 0.462. The van der Waals surface area contributed by atoms with E-state index in [2.05, 4.69) is 36.3 Å². The molecule has 0 aromatic heterocycles. The van der Waals surface area contributed by atoms with Gasteiger partial charge >= 0.3 is 0 Å². The Bertz CT molecular complexity index is 351. The number of nitrogens with two attached hydrogens (primary N) is 1. The van der Waals surface area contributed by atoms with Crippen LogP contribution in [0, 0.1) is 0 Å². The Morgan fingerprint density at radius 3 is 2.35 bits per heavy atom. The third-order valence-corrected chi connectivity index (χ3v) is 2.89. The van der Waals surface area contributed by atoms with E-state index in [1.165, 1.54) is 5.56 Å². The molecular formula is C13H21N3O. The number of hydrazine groups is 1. The van der Waals surface area contributed by atoms with Gasteiger partial charge in [-0.25, -0.2) is 5.84 Å². The highest BCUT2D eigenvalue weighted by Crippen LogP contribution is 2.12. The Morgan fingerprint density at radius 1 is 1.29 bits per heavy atom. The van der Waals surface area contributed by atoms with Gasteiger partial charge in [-0.05, 0) is 26.3 Å². The van der Waals surface area contributed by atoms with E-state index < -0.39 is 0 Å². The molecule has 1 unspecified atom stereocenters. The molecule has 0 saturated carbocycles. The number of carbonyl (C=O) groups is 1. The number of carbonyl (C=O) groups excluding carboxylic acids is 1. The van der Waals surface area contributed by atoms with Gasteiger partial charge in [-0.3, -0.25) is 15.1 Å². The van der Waals surface area contributed by atoms with Crippen molar-refractivity contribution in [1.82, 2.24) is 10.3 Å². The third-order valence-electron chi connectivity index (χ3n) is 2.89.